The van der Waals surface area contributed by atoms with E-state index in [2.05, 4.69) is 13.8 Å². The number of benzene rings is 1. The second-order valence-corrected chi connectivity index (χ2v) is 3.47. The molecule has 0 radical (unpaired) electrons. The summed E-state index contributed by atoms with van der Waals surface area (Å²) in [7, 11) is 0. The Kier molecular flexibility index (Phi) is 4.51. The molecule has 3 heteroatoms. The van der Waals surface area contributed by atoms with Crippen LogP contribution in [0.1, 0.15) is 25.0 Å². The molecule has 0 amide bonds. The van der Waals surface area contributed by atoms with Gasteiger partial charge in [0.2, 0.25) is 0 Å². The van der Waals surface area contributed by atoms with E-state index in [4.69, 9.17) is 7.80 Å². The van der Waals surface area contributed by atoms with Crippen LogP contribution in [0, 0.1) is 6.92 Å². The highest BCUT2D eigenvalue weighted by molar-refractivity contribution is 14.1. The summed E-state index contributed by atoms with van der Waals surface area (Å²) in [5, 5.41) is 0. The van der Waals surface area contributed by atoms with Gasteiger partial charge >= 0.3 is 0 Å². The lowest BCUT2D eigenvalue weighted by atomic mass is 10.0. The van der Waals surface area contributed by atoms with Crippen LogP contribution in [0.3, 0.4) is 0 Å². The van der Waals surface area contributed by atoms with Crippen molar-refractivity contribution >= 4 is 23.0 Å². The van der Waals surface area contributed by atoms with Crippen LogP contribution in [0.2, 0.25) is 0 Å². The van der Waals surface area contributed by atoms with E-state index in [-0.39, 0.29) is 0 Å². The Morgan fingerprint density at radius 2 is 1.86 bits per heavy atom. The average molecular weight is 306 g/mol. The number of ether oxygens (including phenoxy) is 1. The minimum atomic E-state index is 0.705. The topological polar surface area (TPSA) is 18.5 Å². The van der Waals surface area contributed by atoms with Gasteiger partial charge in [-0.2, -0.15) is 0 Å². The van der Waals surface area contributed by atoms with E-state index in [0.29, 0.717) is 6.61 Å². The molecule has 0 spiro atoms. The molecule has 78 valence electrons. The average Bonchev–Trinajstić information content (AvgIpc) is 2.19. The lowest BCUT2D eigenvalue weighted by molar-refractivity contribution is 0.336. The van der Waals surface area contributed by atoms with Crippen LogP contribution in [0.15, 0.2) is 12.1 Å². The maximum atomic E-state index is 5.55. The smallest absolute Gasteiger partial charge is 0.192 e. The van der Waals surface area contributed by atoms with E-state index in [1.54, 1.807) is 0 Å². The Hall–Kier alpha value is -0.450. The quantitative estimate of drug-likeness (QED) is 0.790. The van der Waals surface area contributed by atoms with Gasteiger partial charge in [-0.25, -0.2) is 0 Å². The van der Waals surface area contributed by atoms with Gasteiger partial charge in [0.05, 0.1) is 6.61 Å². The van der Waals surface area contributed by atoms with Crippen LogP contribution in [-0.2, 0) is 6.42 Å². The molecular weight excluding hydrogens is 291 g/mol. The first-order valence-electron chi connectivity index (χ1n) is 4.78. The Balaban J connectivity index is 3.14. The van der Waals surface area contributed by atoms with Crippen molar-refractivity contribution in [2.24, 2.45) is 0 Å². The zero-order valence-corrected chi connectivity index (χ0v) is 10.9. The molecule has 0 saturated carbocycles. The minimum absolute atomic E-state index is 0.705. The van der Waals surface area contributed by atoms with Gasteiger partial charge in [0, 0.05) is 5.56 Å². The number of hydrogen-bond donors (Lipinski definition) is 0. The molecule has 2 nitrogen and oxygen atoms in total. The highest BCUT2D eigenvalue weighted by Crippen LogP contribution is 2.31. The molecule has 0 unspecified atom stereocenters. The van der Waals surface area contributed by atoms with E-state index in [9.17, 15) is 0 Å². The molecule has 0 saturated heterocycles. The summed E-state index contributed by atoms with van der Waals surface area (Å²) in [6, 6.07) is 3.93. The van der Waals surface area contributed by atoms with Crippen molar-refractivity contribution in [1.82, 2.24) is 0 Å². The zero-order chi connectivity index (χ0) is 10.6. The second kappa shape index (κ2) is 5.44. The Bertz CT molecular complexity index is 310. The lowest BCUT2D eigenvalue weighted by Gasteiger charge is -2.13. The minimum Gasteiger partial charge on any atom is -0.494 e. The number of hydrogen-bond acceptors (Lipinski definition) is 2. The molecule has 0 fully saturated rings. The molecule has 1 aromatic carbocycles. The summed E-state index contributed by atoms with van der Waals surface area (Å²) < 4.78 is 10.8. The third kappa shape index (κ3) is 2.32. The molecule has 0 aliphatic rings. The molecule has 14 heavy (non-hydrogen) atoms. The highest BCUT2D eigenvalue weighted by Gasteiger charge is 2.09. The summed E-state index contributed by atoms with van der Waals surface area (Å²) in [6.07, 6.45) is 0.967. The maximum absolute atomic E-state index is 5.55. The molecule has 0 N–H and O–H groups in total. The van der Waals surface area contributed by atoms with Crippen LogP contribution in [0.4, 0.5) is 0 Å². The Morgan fingerprint density at radius 3 is 2.36 bits per heavy atom. The van der Waals surface area contributed by atoms with Crippen LogP contribution < -0.4 is 7.80 Å². The normalized spacial score (nSPS) is 10.0. The van der Waals surface area contributed by atoms with Crippen molar-refractivity contribution in [2.45, 2.75) is 27.2 Å². The van der Waals surface area contributed by atoms with Crippen LogP contribution >= 0.6 is 23.0 Å². The monoisotopic (exact) mass is 306 g/mol. The van der Waals surface area contributed by atoms with Crippen molar-refractivity contribution < 1.29 is 7.80 Å². The van der Waals surface area contributed by atoms with Crippen molar-refractivity contribution in [3.63, 3.8) is 0 Å². The van der Waals surface area contributed by atoms with Crippen molar-refractivity contribution in [2.75, 3.05) is 6.61 Å². The van der Waals surface area contributed by atoms with Crippen LogP contribution in [-0.4, -0.2) is 6.61 Å². The first-order chi connectivity index (χ1) is 6.74. The van der Waals surface area contributed by atoms with E-state index in [1.807, 2.05) is 42.1 Å². The van der Waals surface area contributed by atoms with E-state index in [1.165, 1.54) is 11.1 Å². The standard InChI is InChI=1S/C11H15IO2/c1-4-9-8(3)10(14-12)6-7-11(9)13-5-2/h6-7H,4-5H2,1-3H3. The molecule has 0 aliphatic carbocycles. The summed E-state index contributed by atoms with van der Waals surface area (Å²) in [5.74, 6) is 1.90. The lowest BCUT2D eigenvalue weighted by Crippen LogP contribution is -1.98. The third-order valence-corrected chi connectivity index (χ3v) is 2.72. The van der Waals surface area contributed by atoms with E-state index >= 15 is 0 Å². The van der Waals surface area contributed by atoms with Gasteiger partial charge in [0.25, 0.3) is 0 Å². The fourth-order valence-corrected chi connectivity index (χ4v) is 2.00. The third-order valence-electron chi connectivity index (χ3n) is 2.24. The fourth-order valence-electron chi connectivity index (χ4n) is 1.52. The molecular formula is C11H15IO2. The zero-order valence-electron chi connectivity index (χ0n) is 8.76. The van der Waals surface area contributed by atoms with Crippen molar-refractivity contribution in [1.29, 1.82) is 0 Å². The Labute approximate surface area is 99.3 Å². The van der Waals surface area contributed by atoms with Gasteiger partial charge in [-0.05, 0) is 38.0 Å². The summed E-state index contributed by atoms with van der Waals surface area (Å²) in [5.41, 5.74) is 2.41. The van der Waals surface area contributed by atoms with Crippen LogP contribution in [0.25, 0.3) is 0 Å². The highest BCUT2D eigenvalue weighted by atomic mass is 127. The van der Waals surface area contributed by atoms with Gasteiger partial charge in [-0.3, -0.25) is 0 Å². The predicted octanol–water partition coefficient (Wildman–Crippen LogP) is 3.68. The molecule has 0 atom stereocenters. The van der Waals surface area contributed by atoms with E-state index < -0.39 is 0 Å². The molecule has 0 aromatic heterocycles. The Morgan fingerprint density at radius 1 is 1.21 bits per heavy atom. The first-order valence-corrected chi connectivity index (χ1v) is 5.66. The first kappa shape index (κ1) is 11.6. The summed E-state index contributed by atoms with van der Waals surface area (Å²) in [6.45, 7) is 6.89. The molecule has 0 heterocycles. The van der Waals surface area contributed by atoms with Gasteiger partial charge in [-0.1, -0.05) is 6.92 Å². The largest absolute Gasteiger partial charge is 0.494 e. The van der Waals surface area contributed by atoms with Gasteiger partial charge in [-0.15, -0.1) is 0 Å². The maximum Gasteiger partial charge on any atom is 0.192 e. The second-order valence-electron chi connectivity index (χ2n) is 3.03. The van der Waals surface area contributed by atoms with Crippen molar-refractivity contribution in [3.05, 3.63) is 23.3 Å². The summed E-state index contributed by atoms with van der Waals surface area (Å²) in [4.78, 5) is 0. The predicted molar refractivity (Wildman–Crippen MR) is 66.4 cm³/mol. The number of rotatable bonds is 4. The van der Waals surface area contributed by atoms with Crippen LogP contribution in [0.5, 0.6) is 11.5 Å². The molecule has 1 rings (SSSR count). The molecule has 0 bridgehead atoms. The van der Waals surface area contributed by atoms with Gasteiger partial charge in [0.1, 0.15) is 11.5 Å². The number of halogens is 1. The summed E-state index contributed by atoms with van der Waals surface area (Å²) >= 11 is 1.90. The van der Waals surface area contributed by atoms with Crippen molar-refractivity contribution in [3.8, 4) is 11.5 Å². The molecule has 1 aromatic rings. The van der Waals surface area contributed by atoms with Gasteiger partial charge in [0.15, 0.2) is 23.0 Å². The van der Waals surface area contributed by atoms with Gasteiger partial charge < -0.3 is 7.80 Å². The molecule has 0 aliphatic heterocycles. The van der Waals surface area contributed by atoms with E-state index in [0.717, 1.165) is 17.9 Å². The SMILES string of the molecule is CCOc1ccc(OI)c(C)c1CC. The fraction of sp³-hybridized carbons (Fsp3) is 0.455.